The van der Waals surface area contributed by atoms with E-state index in [0.29, 0.717) is 32.3 Å². The van der Waals surface area contributed by atoms with Crippen LogP contribution in [0.5, 0.6) is 5.75 Å². The number of nitrogens with one attached hydrogen (secondary N) is 1. The van der Waals surface area contributed by atoms with Gasteiger partial charge in [-0.25, -0.2) is 0 Å². The standard InChI is InChI=1S/C18H14Cl2F2N4O2S/c1-26-16(10-2-5-12(6-3-10)28-17(21)22)24-25-18(26)29-9-15(27)23-14-8-11(19)4-7-13(14)20/h2-8,17H,9H2,1H3,(H,23,27). The first-order chi connectivity index (χ1) is 13.8. The zero-order valence-corrected chi connectivity index (χ0v) is 17.2. The molecule has 0 atom stereocenters. The molecule has 29 heavy (non-hydrogen) atoms. The molecule has 0 unspecified atom stereocenters. The molecular weight excluding hydrogens is 445 g/mol. The van der Waals surface area contributed by atoms with E-state index in [-0.39, 0.29) is 17.4 Å². The smallest absolute Gasteiger partial charge is 0.387 e. The maximum absolute atomic E-state index is 12.2. The van der Waals surface area contributed by atoms with Crippen molar-refractivity contribution in [3.05, 3.63) is 52.5 Å². The van der Waals surface area contributed by atoms with Crippen LogP contribution in [0.1, 0.15) is 0 Å². The number of hydrogen-bond acceptors (Lipinski definition) is 5. The van der Waals surface area contributed by atoms with E-state index in [0.717, 1.165) is 0 Å². The van der Waals surface area contributed by atoms with Crippen LogP contribution in [-0.2, 0) is 11.8 Å². The fourth-order valence-corrected chi connectivity index (χ4v) is 3.44. The number of rotatable bonds is 7. The summed E-state index contributed by atoms with van der Waals surface area (Å²) in [5.74, 6) is 0.374. The summed E-state index contributed by atoms with van der Waals surface area (Å²) >= 11 is 13.1. The second-order valence-corrected chi connectivity index (χ2v) is 7.52. The third-order valence-electron chi connectivity index (χ3n) is 3.71. The molecule has 0 saturated carbocycles. The Bertz CT molecular complexity index is 1020. The number of ether oxygens (including phenoxy) is 1. The van der Waals surface area contributed by atoms with E-state index >= 15 is 0 Å². The van der Waals surface area contributed by atoms with Crippen molar-refractivity contribution in [2.75, 3.05) is 11.1 Å². The normalized spacial score (nSPS) is 11.0. The molecule has 1 N–H and O–H groups in total. The lowest BCUT2D eigenvalue weighted by Gasteiger charge is -2.08. The largest absolute Gasteiger partial charge is 0.435 e. The summed E-state index contributed by atoms with van der Waals surface area (Å²) in [6, 6.07) is 10.8. The number of carbonyl (C=O) groups is 1. The second-order valence-electron chi connectivity index (χ2n) is 5.73. The first-order valence-corrected chi connectivity index (χ1v) is 9.90. The number of alkyl halides is 2. The third-order valence-corrected chi connectivity index (χ3v) is 5.29. The van der Waals surface area contributed by atoms with Gasteiger partial charge in [0.15, 0.2) is 11.0 Å². The van der Waals surface area contributed by atoms with E-state index in [9.17, 15) is 13.6 Å². The highest BCUT2D eigenvalue weighted by atomic mass is 35.5. The quantitative estimate of drug-likeness (QED) is 0.497. The molecule has 0 aliphatic heterocycles. The Morgan fingerprint density at radius 3 is 2.62 bits per heavy atom. The Morgan fingerprint density at radius 2 is 1.93 bits per heavy atom. The van der Waals surface area contributed by atoms with Crippen LogP contribution in [-0.4, -0.2) is 33.0 Å². The average molecular weight is 459 g/mol. The SMILES string of the molecule is Cn1c(SCC(=O)Nc2cc(Cl)ccc2Cl)nnc1-c1ccc(OC(F)F)cc1. The van der Waals surface area contributed by atoms with E-state index in [2.05, 4.69) is 20.3 Å². The fourth-order valence-electron chi connectivity index (χ4n) is 2.39. The molecule has 6 nitrogen and oxygen atoms in total. The van der Waals surface area contributed by atoms with Crippen LogP contribution in [0.3, 0.4) is 0 Å². The van der Waals surface area contributed by atoms with Crippen molar-refractivity contribution >= 4 is 46.6 Å². The molecule has 11 heteroatoms. The molecule has 0 aliphatic rings. The van der Waals surface area contributed by atoms with Gasteiger partial charge in [-0.05, 0) is 42.5 Å². The van der Waals surface area contributed by atoms with Crippen molar-refractivity contribution in [3.63, 3.8) is 0 Å². The lowest BCUT2D eigenvalue weighted by Crippen LogP contribution is -2.14. The van der Waals surface area contributed by atoms with Crippen LogP contribution in [0, 0.1) is 0 Å². The molecule has 0 spiro atoms. The Balaban J connectivity index is 1.63. The molecule has 1 amide bonds. The predicted molar refractivity (Wildman–Crippen MR) is 109 cm³/mol. The molecule has 0 saturated heterocycles. The van der Waals surface area contributed by atoms with Crippen LogP contribution in [0.25, 0.3) is 11.4 Å². The molecule has 0 bridgehead atoms. The van der Waals surface area contributed by atoms with Crippen molar-refractivity contribution in [3.8, 4) is 17.1 Å². The molecule has 0 fully saturated rings. The molecule has 3 rings (SSSR count). The highest BCUT2D eigenvalue weighted by Gasteiger charge is 2.14. The lowest BCUT2D eigenvalue weighted by atomic mass is 10.2. The zero-order chi connectivity index (χ0) is 21.0. The summed E-state index contributed by atoms with van der Waals surface area (Å²) < 4.78 is 30.5. The topological polar surface area (TPSA) is 69.0 Å². The summed E-state index contributed by atoms with van der Waals surface area (Å²) in [5.41, 5.74) is 1.10. The van der Waals surface area contributed by atoms with Gasteiger partial charge in [0.1, 0.15) is 5.75 Å². The van der Waals surface area contributed by atoms with E-state index in [1.54, 1.807) is 41.9 Å². The number of halogens is 4. The van der Waals surface area contributed by atoms with Gasteiger partial charge < -0.3 is 14.6 Å². The van der Waals surface area contributed by atoms with E-state index in [1.807, 2.05) is 0 Å². The number of anilines is 1. The van der Waals surface area contributed by atoms with Crippen LogP contribution >= 0.6 is 35.0 Å². The number of thioether (sulfide) groups is 1. The summed E-state index contributed by atoms with van der Waals surface area (Å²) in [5, 5.41) is 12.2. The third kappa shape index (κ3) is 5.59. The lowest BCUT2D eigenvalue weighted by molar-refractivity contribution is -0.113. The second kappa shape index (κ2) is 9.43. The number of carbonyl (C=O) groups excluding carboxylic acids is 1. The van der Waals surface area contributed by atoms with Crippen LogP contribution in [0.2, 0.25) is 10.0 Å². The minimum absolute atomic E-state index is 0.0527. The number of nitrogens with zero attached hydrogens (tertiary/aromatic N) is 3. The highest BCUT2D eigenvalue weighted by Crippen LogP contribution is 2.27. The van der Waals surface area contributed by atoms with Gasteiger partial charge in [0, 0.05) is 17.6 Å². The van der Waals surface area contributed by atoms with Gasteiger partial charge in [0.05, 0.1) is 16.5 Å². The summed E-state index contributed by atoms with van der Waals surface area (Å²) in [6.07, 6.45) is 0. The first kappa shape index (κ1) is 21.4. The molecule has 2 aromatic carbocycles. The highest BCUT2D eigenvalue weighted by molar-refractivity contribution is 7.99. The van der Waals surface area contributed by atoms with E-state index < -0.39 is 6.61 Å². The fraction of sp³-hybridized carbons (Fsp3) is 0.167. The van der Waals surface area contributed by atoms with Crippen molar-refractivity contribution in [1.29, 1.82) is 0 Å². The van der Waals surface area contributed by atoms with Gasteiger partial charge in [0.25, 0.3) is 0 Å². The molecular formula is C18H14Cl2F2N4O2S. The average Bonchev–Trinajstić information content (AvgIpc) is 3.04. The van der Waals surface area contributed by atoms with Crippen molar-refractivity contribution < 1.29 is 18.3 Å². The Hall–Kier alpha value is -2.36. The number of aromatic nitrogens is 3. The minimum atomic E-state index is -2.88. The van der Waals surface area contributed by atoms with Crippen molar-refractivity contribution in [2.45, 2.75) is 11.8 Å². The van der Waals surface area contributed by atoms with E-state index in [1.165, 1.54) is 23.9 Å². The van der Waals surface area contributed by atoms with Gasteiger partial charge in [-0.1, -0.05) is 35.0 Å². The Morgan fingerprint density at radius 1 is 1.21 bits per heavy atom. The number of hydrogen-bond donors (Lipinski definition) is 1. The zero-order valence-electron chi connectivity index (χ0n) is 14.9. The summed E-state index contributed by atoms with van der Waals surface area (Å²) in [7, 11) is 1.74. The molecule has 1 heterocycles. The van der Waals surface area contributed by atoms with Crippen LogP contribution in [0.15, 0.2) is 47.6 Å². The Labute approximate surface area is 179 Å². The summed E-state index contributed by atoms with van der Waals surface area (Å²) in [4.78, 5) is 12.2. The van der Waals surface area contributed by atoms with Gasteiger partial charge in [-0.2, -0.15) is 8.78 Å². The molecule has 0 radical (unpaired) electrons. The molecule has 1 aromatic heterocycles. The first-order valence-electron chi connectivity index (χ1n) is 8.16. The molecule has 3 aromatic rings. The van der Waals surface area contributed by atoms with Crippen LogP contribution < -0.4 is 10.1 Å². The minimum Gasteiger partial charge on any atom is -0.435 e. The van der Waals surface area contributed by atoms with Crippen molar-refractivity contribution in [2.24, 2.45) is 7.05 Å². The predicted octanol–water partition coefficient (Wildman–Crippen LogP) is 5.12. The molecule has 0 aliphatic carbocycles. The van der Waals surface area contributed by atoms with Crippen molar-refractivity contribution in [1.82, 2.24) is 14.8 Å². The number of amides is 1. The number of benzene rings is 2. The summed E-state index contributed by atoms with van der Waals surface area (Å²) in [6.45, 7) is -2.88. The monoisotopic (exact) mass is 458 g/mol. The van der Waals surface area contributed by atoms with Gasteiger partial charge in [-0.3, -0.25) is 4.79 Å². The molecule has 152 valence electrons. The van der Waals surface area contributed by atoms with Gasteiger partial charge >= 0.3 is 6.61 Å². The van der Waals surface area contributed by atoms with Gasteiger partial charge in [0.2, 0.25) is 5.91 Å². The van der Waals surface area contributed by atoms with Crippen LogP contribution in [0.4, 0.5) is 14.5 Å². The maximum Gasteiger partial charge on any atom is 0.387 e. The van der Waals surface area contributed by atoms with Gasteiger partial charge in [-0.15, -0.1) is 10.2 Å². The van der Waals surface area contributed by atoms with E-state index in [4.69, 9.17) is 23.2 Å². The Kier molecular flexibility index (Phi) is 6.94. The maximum atomic E-state index is 12.2.